The summed E-state index contributed by atoms with van der Waals surface area (Å²) in [6.45, 7) is 3.49. The van der Waals surface area contributed by atoms with Crippen LogP contribution < -0.4 is 5.32 Å². The van der Waals surface area contributed by atoms with Gasteiger partial charge in [-0.25, -0.2) is 0 Å². The number of hydrogen-bond acceptors (Lipinski definition) is 3. The zero-order valence-electron chi connectivity index (χ0n) is 15.7. The Kier molecular flexibility index (Phi) is 5.94. The molecule has 0 radical (unpaired) electrons. The van der Waals surface area contributed by atoms with Crippen LogP contribution in [0.15, 0.2) is 54.6 Å². The number of para-hydroxylation sites is 1. The van der Waals surface area contributed by atoms with Crippen molar-refractivity contribution in [2.45, 2.75) is 38.3 Å². The van der Waals surface area contributed by atoms with E-state index in [2.05, 4.69) is 24.4 Å². The quantitative estimate of drug-likeness (QED) is 0.704. The van der Waals surface area contributed by atoms with Crippen LogP contribution in [0, 0.1) is 0 Å². The van der Waals surface area contributed by atoms with Crippen LogP contribution in [0.25, 0.3) is 0 Å². The van der Waals surface area contributed by atoms with Gasteiger partial charge >= 0.3 is 0 Å². The maximum Gasteiger partial charge on any atom is 0.258 e. The molecule has 0 saturated heterocycles. The third-order valence-electron chi connectivity index (χ3n) is 5.08. The molecule has 1 amide bonds. The van der Waals surface area contributed by atoms with E-state index in [1.807, 2.05) is 47.4 Å². The first-order valence-corrected chi connectivity index (χ1v) is 9.46. The van der Waals surface area contributed by atoms with Gasteiger partial charge in [0, 0.05) is 25.9 Å². The molecule has 1 heterocycles. The van der Waals surface area contributed by atoms with Gasteiger partial charge in [0.25, 0.3) is 5.91 Å². The largest absolute Gasteiger partial charge is 0.385 e. The van der Waals surface area contributed by atoms with Crippen LogP contribution in [0.4, 0.5) is 5.69 Å². The van der Waals surface area contributed by atoms with Crippen molar-refractivity contribution in [3.05, 3.63) is 65.7 Å². The van der Waals surface area contributed by atoms with Gasteiger partial charge in [-0.1, -0.05) is 55.8 Å². The van der Waals surface area contributed by atoms with Crippen molar-refractivity contribution in [1.29, 1.82) is 0 Å². The molecule has 2 aromatic carbocycles. The van der Waals surface area contributed by atoms with E-state index < -0.39 is 5.66 Å². The summed E-state index contributed by atoms with van der Waals surface area (Å²) in [5.41, 5.74) is 2.28. The first kappa shape index (κ1) is 18.5. The molecule has 0 spiro atoms. The Bertz CT molecular complexity index is 732. The van der Waals surface area contributed by atoms with Crippen LogP contribution in [-0.2, 0) is 10.4 Å². The average Bonchev–Trinajstić information content (AvgIpc) is 2.69. The summed E-state index contributed by atoms with van der Waals surface area (Å²) >= 11 is 0. The Labute approximate surface area is 156 Å². The Morgan fingerprint density at radius 3 is 2.50 bits per heavy atom. The van der Waals surface area contributed by atoms with E-state index in [9.17, 15) is 4.79 Å². The Hall–Kier alpha value is -2.33. The number of unbranched alkanes of at least 4 members (excludes halogenated alkanes) is 1. The Morgan fingerprint density at radius 2 is 1.77 bits per heavy atom. The molecule has 26 heavy (non-hydrogen) atoms. The molecule has 1 aliphatic rings. The second kappa shape index (κ2) is 8.37. The highest BCUT2D eigenvalue weighted by Gasteiger charge is 2.45. The van der Waals surface area contributed by atoms with Crippen molar-refractivity contribution in [3.8, 4) is 0 Å². The second-order valence-corrected chi connectivity index (χ2v) is 6.80. The van der Waals surface area contributed by atoms with Crippen LogP contribution in [0.2, 0.25) is 0 Å². The fraction of sp³-hybridized carbons (Fsp3) is 0.409. The number of hydrogen-bond donors (Lipinski definition) is 1. The molecule has 1 unspecified atom stereocenters. The van der Waals surface area contributed by atoms with Gasteiger partial charge in [0.15, 0.2) is 0 Å². The third kappa shape index (κ3) is 3.47. The lowest BCUT2D eigenvalue weighted by Crippen LogP contribution is -2.58. The lowest BCUT2D eigenvalue weighted by Gasteiger charge is -2.49. The number of rotatable bonds is 8. The van der Waals surface area contributed by atoms with Crippen molar-refractivity contribution in [2.75, 3.05) is 25.6 Å². The van der Waals surface area contributed by atoms with Gasteiger partial charge in [0.2, 0.25) is 0 Å². The van der Waals surface area contributed by atoms with E-state index in [4.69, 9.17) is 4.74 Å². The van der Waals surface area contributed by atoms with E-state index >= 15 is 0 Å². The maximum atomic E-state index is 13.4. The summed E-state index contributed by atoms with van der Waals surface area (Å²) in [6.07, 6.45) is 3.81. The van der Waals surface area contributed by atoms with Gasteiger partial charge in [-0.15, -0.1) is 0 Å². The van der Waals surface area contributed by atoms with Crippen molar-refractivity contribution in [3.63, 3.8) is 0 Å². The molecule has 4 nitrogen and oxygen atoms in total. The zero-order valence-corrected chi connectivity index (χ0v) is 15.7. The lowest BCUT2D eigenvalue weighted by molar-refractivity contribution is 0.0432. The van der Waals surface area contributed by atoms with Crippen molar-refractivity contribution < 1.29 is 9.53 Å². The number of benzene rings is 2. The monoisotopic (exact) mass is 352 g/mol. The summed E-state index contributed by atoms with van der Waals surface area (Å²) in [7, 11) is 1.70. The number of nitrogens with one attached hydrogen (secondary N) is 1. The van der Waals surface area contributed by atoms with Gasteiger partial charge < -0.3 is 15.0 Å². The highest BCUT2D eigenvalue weighted by atomic mass is 16.5. The first-order valence-electron chi connectivity index (χ1n) is 9.46. The third-order valence-corrected chi connectivity index (χ3v) is 5.08. The van der Waals surface area contributed by atoms with E-state index in [0.29, 0.717) is 13.2 Å². The molecule has 0 saturated carbocycles. The second-order valence-electron chi connectivity index (χ2n) is 6.80. The topological polar surface area (TPSA) is 41.6 Å². The average molecular weight is 352 g/mol. The van der Waals surface area contributed by atoms with E-state index in [1.54, 1.807) is 7.11 Å². The van der Waals surface area contributed by atoms with Crippen molar-refractivity contribution in [1.82, 2.24) is 4.90 Å². The fourth-order valence-corrected chi connectivity index (χ4v) is 3.76. The number of carbonyl (C=O) groups is 1. The molecule has 2 aromatic rings. The number of nitrogens with zero attached hydrogens (tertiary/aromatic N) is 1. The van der Waals surface area contributed by atoms with Crippen LogP contribution in [-0.4, -0.2) is 31.1 Å². The molecule has 0 aliphatic carbocycles. The zero-order chi connectivity index (χ0) is 18.4. The van der Waals surface area contributed by atoms with Gasteiger partial charge in [-0.05, 0) is 37.0 Å². The number of fused-ring (bicyclic) bond motifs is 1. The molecule has 138 valence electrons. The van der Waals surface area contributed by atoms with E-state index in [-0.39, 0.29) is 5.91 Å². The van der Waals surface area contributed by atoms with Gasteiger partial charge in [-0.2, -0.15) is 0 Å². The van der Waals surface area contributed by atoms with Crippen molar-refractivity contribution in [2.24, 2.45) is 0 Å². The summed E-state index contributed by atoms with van der Waals surface area (Å²) in [5, 5.41) is 3.73. The number of carbonyl (C=O) groups excluding carboxylic acids is 1. The van der Waals surface area contributed by atoms with Crippen LogP contribution in [0.5, 0.6) is 0 Å². The number of methoxy groups -OCH3 is 1. The summed E-state index contributed by atoms with van der Waals surface area (Å²) in [4.78, 5) is 15.4. The minimum Gasteiger partial charge on any atom is -0.385 e. The molecular formula is C22H28N2O2. The SMILES string of the molecule is CCCCC1(c2ccccc2)Nc2ccccc2C(=O)N1CCCOC. The molecule has 3 rings (SSSR count). The maximum absolute atomic E-state index is 13.4. The van der Waals surface area contributed by atoms with E-state index in [1.165, 1.54) is 0 Å². The molecular weight excluding hydrogens is 324 g/mol. The van der Waals surface area contributed by atoms with Gasteiger partial charge in [0.1, 0.15) is 5.66 Å². The minimum atomic E-state index is -0.517. The minimum absolute atomic E-state index is 0.0930. The van der Waals surface area contributed by atoms with Gasteiger partial charge in [-0.3, -0.25) is 4.79 Å². The predicted octanol–water partition coefficient (Wildman–Crippen LogP) is 4.63. The number of anilines is 1. The molecule has 1 aliphatic heterocycles. The van der Waals surface area contributed by atoms with Crippen LogP contribution in [0.1, 0.15) is 48.5 Å². The molecule has 4 heteroatoms. The number of ether oxygens (including phenoxy) is 1. The summed E-state index contributed by atoms with van der Waals surface area (Å²) in [6, 6.07) is 18.2. The summed E-state index contributed by atoms with van der Waals surface area (Å²) < 4.78 is 5.23. The molecule has 0 fully saturated rings. The normalized spacial score (nSPS) is 19.2. The van der Waals surface area contributed by atoms with E-state index in [0.717, 1.165) is 42.5 Å². The molecule has 1 atom stereocenters. The lowest BCUT2D eigenvalue weighted by atomic mass is 9.87. The van der Waals surface area contributed by atoms with Crippen LogP contribution >= 0.6 is 0 Å². The molecule has 1 N–H and O–H groups in total. The highest BCUT2D eigenvalue weighted by Crippen LogP contribution is 2.41. The highest BCUT2D eigenvalue weighted by molar-refractivity contribution is 6.02. The molecule has 0 aromatic heterocycles. The fourth-order valence-electron chi connectivity index (χ4n) is 3.76. The Balaban J connectivity index is 2.08. The smallest absolute Gasteiger partial charge is 0.258 e. The van der Waals surface area contributed by atoms with Crippen molar-refractivity contribution >= 4 is 11.6 Å². The molecule has 0 bridgehead atoms. The predicted molar refractivity (Wildman–Crippen MR) is 105 cm³/mol. The summed E-state index contributed by atoms with van der Waals surface area (Å²) in [5.74, 6) is 0.0930. The van der Waals surface area contributed by atoms with Crippen LogP contribution in [0.3, 0.4) is 0 Å². The first-order chi connectivity index (χ1) is 12.7. The van der Waals surface area contributed by atoms with Gasteiger partial charge in [0.05, 0.1) is 5.56 Å². The number of amides is 1. The standard InChI is InChI=1S/C22H28N2O2/c1-3-4-15-22(18-11-6-5-7-12-18)23-20-14-9-8-13-19(20)21(25)24(22)16-10-17-26-2/h5-9,11-14,23H,3-4,10,15-17H2,1-2H3. The Morgan fingerprint density at radius 1 is 1.04 bits per heavy atom.